The van der Waals surface area contributed by atoms with Crippen molar-refractivity contribution in [2.24, 2.45) is 5.73 Å². The van der Waals surface area contributed by atoms with E-state index in [0.717, 1.165) is 11.3 Å². The number of nitrogens with two attached hydrogens (primary N) is 1. The number of benzene rings is 1. The molecule has 15 heavy (non-hydrogen) atoms. The molecule has 1 aromatic carbocycles. The molecule has 0 bridgehead atoms. The number of hydrogen-bond acceptors (Lipinski definition) is 3. The van der Waals surface area contributed by atoms with Gasteiger partial charge in [-0.15, -0.1) is 0 Å². The summed E-state index contributed by atoms with van der Waals surface area (Å²) in [6, 6.07) is 7.14. The predicted molar refractivity (Wildman–Crippen MR) is 60.0 cm³/mol. The van der Waals surface area contributed by atoms with Crippen LogP contribution >= 0.6 is 0 Å². The number of hydrogen-bond donors (Lipinski definition) is 1. The van der Waals surface area contributed by atoms with Crippen molar-refractivity contribution in [1.29, 1.82) is 0 Å². The third-order valence-corrected chi connectivity index (χ3v) is 2.41. The first-order valence-corrected chi connectivity index (χ1v) is 5.09. The third kappa shape index (κ3) is 3.06. The summed E-state index contributed by atoms with van der Waals surface area (Å²) in [6.07, 6.45) is 1.02. The monoisotopic (exact) mass is 207 g/mol. The molecule has 0 aliphatic rings. The summed E-state index contributed by atoms with van der Waals surface area (Å²) in [7, 11) is 1.60. The Kier molecular flexibility index (Phi) is 4.31. The molecule has 1 aromatic rings. The zero-order valence-corrected chi connectivity index (χ0v) is 9.19. The van der Waals surface area contributed by atoms with Gasteiger partial charge in [0.25, 0.3) is 0 Å². The number of methoxy groups -OCH3 is 1. The van der Waals surface area contributed by atoms with E-state index >= 15 is 0 Å². The van der Waals surface area contributed by atoms with Gasteiger partial charge in [-0.1, -0.05) is 25.1 Å². The lowest BCUT2D eigenvalue weighted by atomic mass is 10.0. The van der Waals surface area contributed by atoms with Crippen molar-refractivity contribution in [3.8, 4) is 5.75 Å². The van der Waals surface area contributed by atoms with Gasteiger partial charge in [0.1, 0.15) is 5.75 Å². The molecule has 1 unspecified atom stereocenters. The molecule has 0 aliphatic heterocycles. The molecular formula is C12H17NO2. The van der Waals surface area contributed by atoms with E-state index < -0.39 is 0 Å². The van der Waals surface area contributed by atoms with Crippen molar-refractivity contribution in [3.63, 3.8) is 0 Å². The van der Waals surface area contributed by atoms with Crippen molar-refractivity contribution >= 4 is 5.78 Å². The number of ether oxygens (including phenoxy) is 1. The minimum Gasteiger partial charge on any atom is -0.496 e. The molecule has 1 atom stereocenters. The van der Waals surface area contributed by atoms with Gasteiger partial charge in [-0.3, -0.25) is 4.79 Å². The molecule has 0 aliphatic carbocycles. The molecular weight excluding hydrogens is 190 g/mol. The van der Waals surface area contributed by atoms with E-state index in [9.17, 15) is 4.79 Å². The van der Waals surface area contributed by atoms with Crippen LogP contribution in [0, 0.1) is 0 Å². The van der Waals surface area contributed by atoms with Crippen molar-refractivity contribution in [2.45, 2.75) is 25.8 Å². The summed E-state index contributed by atoms with van der Waals surface area (Å²) in [5.41, 5.74) is 6.56. The van der Waals surface area contributed by atoms with E-state index in [1.165, 1.54) is 0 Å². The highest BCUT2D eigenvalue weighted by Crippen LogP contribution is 2.18. The molecule has 1 rings (SSSR count). The van der Waals surface area contributed by atoms with E-state index in [4.69, 9.17) is 10.5 Å². The van der Waals surface area contributed by atoms with Crippen molar-refractivity contribution in [3.05, 3.63) is 29.8 Å². The Hall–Kier alpha value is -1.35. The molecule has 3 heteroatoms. The van der Waals surface area contributed by atoms with Gasteiger partial charge < -0.3 is 10.5 Å². The number of ketones is 1. The fraction of sp³-hybridized carbons (Fsp3) is 0.417. The Balaban J connectivity index is 2.76. The first kappa shape index (κ1) is 11.7. The van der Waals surface area contributed by atoms with Gasteiger partial charge in [-0.25, -0.2) is 0 Å². The highest BCUT2D eigenvalue weighted by Gasteiger charge is 2.13. The maximum Gasteiger partial charge on any atom is 0.154 e. The van der Waals surface area contributed by atoms with Gasteiger partial charge in [-0.05, 0) is 12.5 Å². The molecule has 0 radical (unpaired) electrons. The van der Waals surface area contributed by atoms with E-state index in [2.05, 4.69) is 0 Å². The van der Waals surface area contributed by atoms with Crippen LogP contribution in [0.2, 0.25) is 0 Å². The van der Waals surface area contributed by atoms with Crippen LogP contribution in [0.15, 0.2) is 24.3 Å². The van der Waals surface area contributed by atoms with E-state index in [1.807, 2.05) is 31.2 Å². The minimum atomic E-state index is -0.366. The molecule has 0 saturated carbocycles. The van der Waals surface area contributed by atoms with Crippen LogP contribution in [0.25, 0.3) is 0 Å². The quantitative estimate of drug-likeness (QED) is 0.796. The van der Waals surface area contributed by atoms with E-state index in [0.29, 0.717) is 12.8 Å². The fourth-order valence-corrected chi connectivity index (χ4v) is 1.40. The topological polar surface area (TPSA) is 52.3 Å². The average molecular weight is 207 g/mol. The normalized spacial score (nSPS) is 12.2. The molecule has 0 amide bonds. The van der Waals surface area contributed by atoms with Crippen LogP contribution in [0.3, 0.4) is 0 Å². The number of Topliss-reactive ketones (excluding diaryl/α,β-unsaturated/α-hetero) is 1. The molecule has 3 nitrogen and oxygen atoms in total. The Labute approximate surface area is 90.2 Å². The molecule has 82 valence electrons. The van der Waals surface area contributed by atoms with Gasteiger partial charge in [0.15, 0.2) is 5.78 Å². The highest BCUT2D eigenvalue weighted by molar-refractivity contribution is 5.86. The first-order valence-electron chi connectivity index (χ1n) is 5.09. The standard InChI is InChI=1S/C12H17NO2/c1-3-10(13)11(14)8-9-6-4-5-7-12(9)15-2/h4-7,10H,3,8,13H2,1-2H3. The molecule has 2 N–H and O–H groups in total. The van der Waals surface area contributed by atoms with Crippen molar-refractivity contribution < 1.29 is 9.53 Å². The highest BCUT2D eigenvalue weighted by atomic mass is 16.5. The second-order valence-electron chi connectivity index (χ2n) is 3.47. The Morgan fingerprint density at radius 2 is 2.13 bits per heavy atom. The SMILES string of the molecule is CCC(N)C(=O)Cc1ccccc1OC. The lowest BCUT2D eigenvalue weighted by Gasteiger charge is -2.10. The Morgan fingerprint density at radius 1 is 1.47 bits per heavy atom. The largest absolute Gasteiger partial charge is 0.496 e. The lowest BCUT2D eigenvalue weighted by Crippen LogP contribution is -2.30. The zero-order valence-electron chi connectivity index (χ0n) is 9.19. The van der Waals surface area contributed by atoms with Crippen LogP contribution < -0.4 is 10.5 Å². The van der Waals surface area contributed by atoms with Gasteiger partial charge in [0.05, 0.1) is 13.2 Å². The smallest absolute Gasteiger partial charge is 0.154 e. The number of carbonyl (C=O) groups excluding carboxylic acids is 1. The Bertz CT molecular complexity index is 336. The molecule has 0 heterocycles. The number of para-hydroxylation sites is 1. The van der Waals surface area contributed by atoms with Crippen molar-refractivity contribution in [2.75, 3.05) is 7.11 Å². The van der Waals surface area contributed by atoms with Gasteiger partial charge in [0.2, 0.25) is 0 Å². The molecule has 0 saturated heterocycles. The predicted octanol–water partition coefficient (Wildman–Crippen LogP) is 1.54. The second-order valence-corrected chi connectivity index (χ2v) is 3.47. The van der Waals surface area contributed by atoms with E-state index in [1.54, 1.807) is 7.11 Å². The van der Waals surface area contributed by atoms with Crippen molar-refractivity contribution in [1.82, 2.24) is 0 Å². The summed E-state index contributed by atoms with van der Waals surface area (Å²) in [4.78, 5) is 11.6. The van der Waals surface area contributed by atoms with Crippen LogP contribution in [-0.4, -0.2) is 18.9 Å². The maximum absolute atomic E-state index is 11.6. The third-order valence-electron chi connectivity index (χ3n) is 2.41. The van der Waals surface area contributed by atoms with Crippen LogP contribution in [-0.2, 0) is 11.2 Å². The summed E-state index contributed by atoms with van der Waals surface area (Å²) < 4.78 is 5.17. The summed E-state index contributed by atoms with van der Waals surface area (Å²) >= 11 is 0. The minimum absolute atomic E-state index is 0.0574. The number of carbonyl (C=O) groups is 1. The number of rotatable bonds is 5. The second kappa shape index (κ2) is 5.51. The fourth-order valence-electron chi connectivity index (χ4n) is 1.40. The summed E-state index contributed by atoms with van der Waals surface area (Å²) in [5, 5.41) is 0. The first-order chi connectivity index (χ1) is 7.19. The van der Waals surface area contributed by atoms with Gasteiger partial charge >= 0.3 is 0 Å². The lowest BCUT2D eigenvalue weighted by molar-refractivity contribution is -0.119. The van der Waals surface area contributed by atoms with Crippen LogP contribution in [0.4, 0.5) is 0 Å². The molecule has 0 aromatic heterocycles. The van der Waals surface area contributed by atoms with E-state index in [-0.39, 0.29) is 11.8 Å². The van der Waals surface area contributed by atoms with Crippen LogP contribution in [0.1, 0.15) is 18.9 Å². The molecule has 0 fully saturated rings. The summed E-state index contributed by atoms with van der Waals surface area (Å²) in [5.74, 6) is 0.802. The maximum atomic E-state index is 11.6. The average Bonchev–Trinajstić information content (AvgIpc) is 2.28. The zero-order chi connectivity index (χ0) is 11.3. The van der Waals surface area contributed by atoms with Crippen LogP contribution in [0.5, 0.6) is 5.75 Å². The van der Waals surface area contributed by atoms with Gasteiger partial charge in [-0.2, -0.15) is 0 Å². The Morgan fingerprint density at radius 3 is 2.73 bits per heavy atom. The van der Waals surface area contributed by atoms with Gasteiger partial charge in [0, 0.05) is 12.0 Å². The summed E-state index contributed by atoms with van der Waals surface area (Å²) in [6.45, 7) is 1.91. The molecule has 0 spiro atoms.